The zero-order valence-electron chi connectivity index (χ0n) is 18.4. The maximum Gasteiger partial charge on any atom is 0.338 e. The lowest BCUT2D eigenvalue weighted by atomic mass is 9.82. The van der Waals surface area contributed by atoms with Gasteiger partial charge in [-0.3, -0.25) is 14.4 Å². The molecule has 5 rings (SSSR count). The molecule has 2 aromatic rings. The molecule has 2 aliphatic carbocycles. The van der Waals surface area contributed by atoms with Crippen LogP contribution < -0.4 is 10.2 Å². The predicted octanol–water partition coefficient (Wildman–Crippen LogP) is 3.49. The highest BCUT2D eigenvalue weighted by atomic mass is 16.5. The van der Waals surface area contributed by atoms with Crippen molar-refractivity contribution < 1.29 is 23.9 Å². The van der Waals surface area contributed by atoms with Gasteiger partial charge in [0.2, 0.25) is 11.8 Å². The molecule has 0 aromatic heterocycles. The number of carbonyl (C=O) groups excluding carboxylic acids is 4. The Balaban J connectivity index is 1.25. The number of benzene rings is 2. The van der Waals surface area contributed by atoms with E-state index in [0.717, 1.165) is 12.0 Å². The number of carbonyl (C=O) groups is 4. The summed E-state index contributed by atoms with van der Waals surface area (Å²) in [6, 6.07) is 13.5. The molecule has 1 heterocycles. The van der Waals surface area contributed by atoms with E-state index in [9.17, 15) is 19.2 Å². The third-order valence-electron chi connectivity index (χ3n) is 6.89. The van der Waals surface area contributed by atoms with Crippen LogP contribution in [-0.2, 0) is 19.1 Å². The van der Waals surface area contributed by atoms with Crippen LogP contribution in [0.3, 0.4) is 0 Å². The number of allylic oxidation sites excluding steroid dienone is 2. The van der Waals surface area contributed by atoms with Crippen molar-refractivity contribution in [2.45, 2.75) is 20.3 Å². The molecule has 0 radical (unpaired) electrons. The van der Waals surface area contributed by atoms with Crippen LogP contribution >= 0.6 is 0 Å². The van der Waals surface area contributed by atoms with E-state index in [0.29, 0.717) is 11.4 Å². The Morgan fingerprint density at radius 1 is 1.03 bits per heavy atom. The van der Waals surface area contributed by atoms with Gasteiger partial charge in [0.1, 0.15) is 0 Å². The monoisotopic (exact) mass is 444 g/mol. The maximum atomic E-state index is 13.1. The Kier molecular flexibility index (Phi) is 5.12. The predicted molar refractivity (Wildman–Crippen MR) is 121 cm³/mol. The highest BCUT2D eigenvalue weighted by Gasteiger charge is 2.60. The molecule has 1 saturated carbocycles. The molecule has 2 bridgehead atoms. The van der Waals surface area contributed by atoms with E-state index in [2.05, 4.69) is 11.4 Å². The van der Waals surface area contributed by atoms with Crippen molar-refractivity contribution in [3.8, 4) is 0 Å². The van der Waals surface area contributed by atoms with Crippen molar-refractivity contribution in [3.05, 3.63) is 71.3 Å². The molecule has 3 amide bonds. The van der Waals surface area contributed by atoms with Crippen LogP contribution in [0.15, 0.2) is 60.2 Å². The fourth-order valence-electron chi connectivity index (χ4n) is 5.35. The topological polar surface area (TPSA) is 92.8 Å². The first-order chi connectivity index (χ1) is 15.8. The Morgan fingerprint density at radius 2 is 1.76 bits per heavy atom. The van der Waals surface area contributed by atoms with Crippen LogP contribution in [0, 0.1) is 30.6 Å². The Bertz CT molecular complexity index is 1200. The first-order valence-corrected chi connectivity index (χ1v) is 11.0. The summed E-state index contributed by atoms with van der Waals surface area (Å²) in [5.41, 5.74) is 3.39. The highest BCUT2D eigenvalue weighted by molar-refractivity contribution is 6.23. The molecule has 0 unspecified atom stereocenters. The van der Waals surface area contributed by atoms with Crippen LogP contribution in [0.4, 0.5) is 11.4 Å². The zero-order chi connectivity index (χ0) is 23.3. The third kappa shape index (κ3) is 3.63. The largest absolute Gasteiger partial charge is 0.452 e. The first kappa shape index (κ1) is 21.1. The SMILES string of the molecule is CC1=C[C@H]2C[C@H]1[C@@H]1C(=O)N(c3cccc(C(=O)OCC(=O)Nc4ccc(C)cc4)c3)C(=O)[C@@H]12. The second kappa shape index (κ2) is 7.99. The average molecular weight is 444 g/mol. The molecule has 7 nitrogen and oxygen atoms in total. The second-order valence-corrected chi connectivity index (χ2v) is 9.02. The Labute approximate surface area is 191 Å². The lowest BCUT2D eigenvalue weighted by Gasteiger charge is -2.19. The Morgan fingerprint density at radius 3 is 2.52 bits per heavy atom. The number of rotatable bonds is 5. The number of ether oxygens (including phenoxy) is 1. The van der Waals surface area contributed by atoms with E-state index in [4.69, 9.17) is 4.74 Å². The molecule has 33 heavy (non-hydrogen) atoms. The fraction of sp³-hybridized carbons (Fsp3) is 0.308. The van der Waals surface area contributed by atoms with E-state index in [1.54, 1.807) is 24.3 Å². The van der Waals surface area contributed by atoms with E-state index in [1.807, 2.05) is 26.0 Å². The molecule has 4 atom stereocenters. The van der Waals surface area contributed by atoms with Gasteiger partial charge < -0.3 is 10.1 Å². The van der Waals surface area contributed by atoms with Crippen molar-refractivity contribution >= 4 is 35.1 Å². The van der Waals surface area contributed by atoms with Gasteiger partial charge in [0.05, 0.1) is 23.1 Å². The number of nitrogens with one attached hydrogen (secondary N) is 1. The van der Waals surface area contributed by atoms with E-state index in [-0.39, 0.29) is 41.0 Å². The van der Waals surface area contributed by atoms with E-state index in [1.165, 1.54) is 22.6 Å². The van der Waals surface area contributed by atoms with Crippen molar-refractivity contribution in [1.82, 2.24) is 0 Å². The number of fused-ring (bicyclic) bond motifs is 5. The molecule has 0 spiro atoms. The molecule has 1 aliphatic heterocycles. The van der Waals surface area contributed by atoms with Gasteiger partial charge in [-0.1, -0.05) is 35.4 Å². The maximum absolute atomic E-state index is 13.1. The minimum atomic E-state index is -0.701. The van der Waals surface area contributed by atoms with Crippen molar-refractivity contribution in [2.24, 2.45) is 23.7 Å². The van der Waals surface area contributed by atoms with Gasteiger partial charge in [0.25, 0.3) is 5.91 Å². The lowest BCUT2D eigenvalue weighted by molar-refractivity contribution is -0.123. The summed E-state index contributed by atoms with van der Waals surface area (Å²) in [5.74, 6) is -1.95. The van der Waals surface area contributed by atoms with Crippen LogP contribution in [0.25, 0.3) is 0 Å². The van der Waals surface area contributed by atoms with Crippen LogP contribution in [0.2, 0.25) is 0 Å². The highest BCUT2D eigenvalue weighted by Crippen LogP contribution is 2.55. The number of nitrogens with zero attached hydrogens (tertiary/aromatic N) is 1. The summed E-state index contributed by atoms with van der Waals surface area (Å²) in [4.78, 5) is 52.1. The molecule has 2 fully saturated rings. The van der Waals surface area contributed by atoms with Gasteiger partial charge in [-0.05, 0) is 62.4 Å². The van der Waals surface area contributed by atoms with Gasteiger partial charge in [0, 0.05) is 5.69 Å². The Hall–Kier alpha value is -3.74. The molecule has 1 saturated heterocycles. The van der Waals surface area contributed by atoms with Crippen LogP contribution in [0.1, 0.15) is 29.3 Å². The molecular formula is C26H24N2O5. The molecule has 3 aliphatic rings. The summed E-state index contributed by atoms with van der Waals surface area (Å²) in [6.45, 7) is 3.52. The van der Waals surface area contributed by atoms with Gasteiger partial charge in [-0.2, -0.15) is 0 Å². The lowest BCUT2D eigenvalue weighted by Crippen LogP contribution is -2.33. The average Bonchev–Trinajstić information content (AvgIpc) is 3.44. The van der Waals surface area contributed by atoms with Gasteiger partial charge in [-0.15, -0.1) is 0 Å². The molecule has 2 aromatic carbocycles. The normalized spacial score (nSPS) is 25.2. The van der Waals surface area contributed by atoms with E-state index < -0.39 is 18.5 Å². The fourth-order valence-corrected chi connectivity index (χ4v) is 5.35. The minimum absolute atomic E-state index is 0.113. The van der Waals surface area contributed by atoms with Gasteiger partial charge >= 0.3 is 5.97 Å². The standard InChI is InChI=1S/C26H24N2O5/c1-14-6-8-18(9-7-14)27-21(29)13-33-26(32)16-4-3-5-19(11-16)28-24(30)22-17-10-15(2)20(12-17)23(22)25(28)31/h3-11,17,20,22-23H,12-13H2,1-2H3,(H,27,29)/t17-,20+,22+,23-/m0/s1. The third-order valence-corrected chi connectivity index (χ3v) is 6.89. The number of amides is 3. The minimum Gasteiger partial charge on any atom is -0.452 e. The first-order valence-electron chi connectivity index (χ1n) is 11.0. The quantitative estimate of drug-likeness (QED) is 0.433. The number of esters is 1. The summed E-state index contributed by atoms with van der Waals surface area (Å²) in [7, 11) is 0. The van der Waals surface area contributed by atoms with Gasteiger partial charge in [-0.25, -0.2) is 9.69 Å². The van der Waals surface area contributed by atoms with Crippen LogP contribution in [-0.4, -0.2) is 30.3 Å². The van der Waals surface area contributed by atoms with Crippen molar-refractivity contribution in [2.75, 3.05) is 16.8 Å². The van der Waals surface area contributed by atoms with Crippen molar-refractivity contribution in [3.63, 3.8) is 0 Å². The number of imide groups is 1. The summed E-state index contributed by atoms with van der Waals surface area (Å²) >= 11 is 0. The summed E-state index contributed by atoms with van der Waals surface area (Å²) < 4.78 is 5.14. The number of hydrogen-bond acceptors (Lipinski definition) is 5. The van der Waals surface area contributed by atoms with E-state index >= 15 is 0 Å². The van der Waals surface area contributed by atoms with Gasteiger partial charge in [0.15, 0.2) is 6.61 Å². The number of anilines is 2. The molecule has 7 heteroatoms. The molecular weight excluding hydrogens is 420 g/mol. The van der Waals surface area contributed by atoms with Crippen molar-refractivity contribution in [1.29, 1.82) is 0 Å². The molecule has 168 valence electrons. The smallest absolute Gasteiger partial charge is 0.338 e. The summed E-state index contributed by atoms with van der Waals surface area (Å²) in [5, 5.41) is 2.67. The molecule has 1 N–H and O–H groups in total. The second-order valence-electron chi connectivity index (χ2n) is 9.02. The number of hydrogen-bond donors (Lipinski definition) is 1. The number of aryl methyl sites for hydroxylation is 1. The summed E-state index contributed by atoms with van der Waals surface area (Å²) in [6.07, 6.45) is 2.99. The van der Waals surface area contributed by atoms with Crippen LogP contribution in [0.5, 0.6) is 0 Å². The zero-order valence-corrected chi connectivity index (χ0v) is 18.4.